The van der Waals surface area contributed by atoms with E-state index in [0.717, 1.165) is 44.8 Å². The lowest BCUT2D eigenvalue weighted by Crippen LogP contribution is -2.46. The topological polar surface area (TPSA) is 44.4 Å². The van der Waals surface area contributed by atoms with Crippen molar-refractivity contribution in [2.75, 3.05) is 39.3 Å². The maximum Gasteiger partial charge on any atom is 0.252 e. The van der Waals surface area contributed by atoms with Crippen LogP contribution in [-0.2, 0) is 0 Å². The average Bonchev–Trinajstić information content (AvgIpc) is 2.84. The van der Waals surface area contributed by atoms with Crippen LogP contribution in [0.4, 0.5) is 0 Å². The summed E-state index contributed by atoms with van der Waals surface area (Å²) in [6.45, 7) is 5.94. The first-order valence-corrected chi connectivity index (χ1v) is 6.54. The van der Waals surface area contributed by atoms with Gasteiger partial charge in [0.2, 0.25) is 0 Å². The number of carbonyl (C=O) groups is 1. The molecule has 16 heavy (non-hydrogen) atoms. The summed E-state index contributed by atoms with van der Waals surface area (Å²) in [7, 11) is 0. The zero-order valence-corrected chi connectivity index (χ0v) is 10.1. The van der Waals surface area contributed by atoms with Gasteiger partial charge in [-0.25, -0.2) is 0 Å². The minimum atomic E-state index is 0.0383. The number of hydrogen-bond donors (Lipinski definition) is 2. The molecule has 0 saturated carbocycles. The van der Waals surface area contributed by atoms with Crippen molar-refractivity contribution in [3.8, 4) is 0 Å². The van der Waals surface area contributed by atoms with Crippen LogP contribution in [0.2, 0.25) is 0 Å². The first kappa shape index (κ1) is 11.6. The van der Waals surface area contributed by atoms with Crippen molar-refractivity contribution in [1.82, 2.24) is 15.5 Å². The molecule has 1 saturated heterocycles. The zero-order chi connectivity index (χ0) is 11.2. The maximum atomic E-state index is 11.6. The Balaban J connectivity index is 1.66. The molecule has 0 aromatic carbocycles. The molecular weight excluding hydrogens is 222 g/mol. The lowest BCUT2D eigenvalue weighted by atomic mass is 10.3. The number of nitrogens with zero attached hydrogens (tertiary/aromatic N) is 1. The second-order valence-corrected chi connectivity index (χ2v) is 4.64. The van der Waals surface area contributed by atoms with Crippen LogP contribution in [0.1, 0.15) is 10.4 Å². The van der Waals surface area contributed by atoms with E-state index >= 15 is 0 Å². The van der Waals surface area contributed by atoms with Crippen LogP contribution in [0.15, 0.2) is 16.8 Å². The summed E-state index contributed by atoms with van der Waals surface area (Å²) in [5.41, 5.74) is 0.769. The van der Waals surface area contributed by atoms with Crippen molar-refractivity contribution in [3.05, 3.63) is 22.4 Å². The van der Waals surface area contributed by atoms with E-state index in [4.69, 9.17) is 0 Å². The summed E-state index contributed by atoms with van der Waals surface area (Å²) in [6, 6.07) is 1.85. The minimum absolute atomic E-state index is 0.0383. The second-order valence-electron chi connectivity index (χ2n) is 3.86. The third kappa shape index (κ3) is 3.30. The Labute approximate surface area is 99.6 Å². The summed E-state index contributed by atoms with van der Waals surface area (Å²) in [4.78, 5) is 14.0. The third-order valence-corrected chi connectivity index (χ3v) is 3.39. The highest BCUT2D eigenvalue weighted by Gasteiger charge is 2.10. The monoisotopic (exact) mass is 239 g/mol. The number of carbonyl (C=O) groups excluding carboxylic acids is 1. The quantitative estimate of drug-likeness (QED) is 0.798. The van der Waals surface area contributed by atoms with Gasteiger partial charge in [0.1, 0.15) is 0 Å². The van der Waals surface area contributed by atoms with Gasteiger partial charge >= 0.3 is 0 Å². The third-order valence-electron chi connectivity index (χ3n) is 2.71. The molecule has 4 nitrogen and oxygen atoms in total. The fraction of sp³-hybridized carbons (Fsp3) is 0.545. The zero-order valence-electron chi connectivity index (χ0n) is 9.24. The Hall–Kier alpha value is -0.910. The van der Waals surface area contributed by atoms with E-state index in [0.29, 0.717) is 0 Å². The van der Waals surface area contributed by atoms with Gasteiger partial charge in [-0.1, -0.05) is 0 Å². The van der Waals surface area contributed by atoms with Gasteiger partial charge in [0.05, 0.1) is 0 Å². The van der Waals surface area contributed by atoms with Crippen molar-refractivity contribution in [1.29, 1.82) is 0 Å². The molecule has 0 bridgehead atoms. The van der Waals surface area contributed by atoms with Crippen LogP contribution in [0.25, 0.3) is 0 Å². The smallest absolute Gasteiger partial charge is 0.252 e. The molecule has 88 valence electrons. The van der Waals surface area contributed by atoms with Crippen LogP contribution >= 0.6 is 11.3 Å². The second kappa shape index (κ2) is 5.98. The van der Waals surface area contributed by atoms with Crippen LogP contribution < -0.4 is 10.6 Å². The molecule has 1 amide bonds. The number of amides is 1. The van der Waals surface area contributed by atoms with E-state index in [9.17, 15) is 4.79 Å². The molecule has 1 aromatic rings. The van der Waals surface area contributed by atoms with Crippen LogP contribution in [0.5, 0.6) is 0 Å². The normalized spacial score (nSPS) is 17.2. The Morgan fingerprint density at radius 1 is 1.50 bits per heavy atom. The Morgan fingerprint density at radius 3 is 3.00 bits per heavy atom. The molecule has 0 unspecified atom stereocenters. The van der Waals surface area contributed by atoms with Gasteiger partial charge in [-0.2, -0.15) is 11.3 Å². The van der Waals surface area contributed by atoms with Crippen molar-refractivity contribution in [2.45, 2.75) is 0 Å². The largest absolute Gasteiger partial charge is 0.351 e. The molecule has 1 fully saturated rings. The van der Waals surface area contributed by atoms with Crippen LogP contribution in [0.3, 0.4) is 0 Å². The Bertz CT molecular complexity index is 320. The number of hydrogen-bond acceptors (Lipinski definition) is 4. The van der Waals surface area contributed by atoms with Gasteiger partial charge in [0.15, 0.2) is 0 Å². The molecule has 2 heterocycles. The van der Waals surface area contributed by atoms with E-state index in [1.54, 1.807) is 11.3 Å². The number of rotatable bonds is 4. The highest BCUT2D eigenvalue weighted by atomic mass is 32.1. The standard InChI is InChI=1S/C11H17N3OS/c15-11(10-1-8-16-9-10)13-4-7-14-5-2-12-3-6-14/h1,8-9,12H,2-7H2,(H,13,15). The van der Waals surface area contributed by atoms with E-state index in [-0.39, 0.29) is 5.91 Å². The molecule has 0 aliphatic carbocycles. The van der Waals surface area contributed by atoms with Crippen molar-refractivity contribution < 1.29 is 4.79 Å². The lowest BCUT2D eigenvalue weighted by Gasteiger charge is -2.27. The molecule has 0 atom stereocenters. The average molecular weight is 239 g/mol. The summed E-state index contributed by atoms with van der Waals surface area (Å²) >= 11 is 1.55. The Kier molecular flexibility index (Phi) is 4.33. The summed E-state index contributed by atoms with van der Waals surface area (Å²) in [5.74, 6) is 0.0383. The number of piperazine rings is 1. The summed E-state index contributed by atoms with van der Waals surface area (Å²) in [6.07, 6.45) is 0. The van der Waals surface area contributed by atoms with Crippen molar-refractivity contribution >= 4 is 17.2 Å². The van der Waals surface area contributed by atoms with Gasteiger partial charge < -0.3 is 10.6 Å². The van der Waals surface area contributed by atoms with E-state index in [1.807, 2.05) is 16.8 Å². The van der Waals surface area contributed by atoms with Gasteiger partial charge in [-0.3, -0.25) is 9.69 Å². The summed E-state index contributed by atoms with van der Waals surface area (Å²) < 4.78 is 0. The van der Waals surface area contributed by atoms with Crippen LogP contribution in [0, 0.1) is 0 Å². The molecule has 5 heteroatoms. The highest BCUT2D eigenvalue weighted by Crippen LogP contribution is 2.04. The number of thiophene rings is 1. The molecule has 0 spiro atoms. The highest BCUT2D eigenvalue weighted by molar-refractivity contribution is 7.08. The fourth-order valence-electron chi connectivity index (χ4n) is 1.76. The molecule has 1 aliphatic heterocycles. The van der Waals surface area contributed by atoms with E-state index in [1.165, 1.54) is 0 Å². The van der Waals surface area contributed by atoms with E-state index < -0.39 is 0 Å². The van der Waals surface area contributed by atoms with E-state index in [2.05, 4.69) is 15.5 Å². The van der Waals surface area contributed by atoms with Gasteiger partial charge in [0, 0.05) is 50.2 Å². The lowest BCUT2D eigenvalue weighted by molar-refractivity contribution is 0.0948. The first-order valence-electron chi connectivity index (χ1n) is 5.60. The van der Waals surface area contributed by atoms with Gasteiger partial charge in [-0.15, -0.1) is 0 Å². The predicted molar refractivity (Wildman–Crippen MR) is 66.0 cm³/mol. The van der Waals surface area contributed by atoms with Crippen LogP contribution in [-0.4, -0.2) is 50.1 Å². The van der Waals surface area contributed by atoms with Crippen molar-refractivity contribution in [3.63, 3.8) is 0 Å². The minimum Gasteiger partial charge on any atom is -0.351 e. The summed E-state index contributed by atoms with van der Waals surface area (Å²) in [5, 5.41) is 10.0. The van der Waals surface area contributed by atoms with Crippen molar-refractivity contribution in [2.24, 2.45) is 0 Å². The SMILES string of the molecule is O=C(NCCN1CCNCC1)c1ccsc1. The molecule has 1 aromatic heterocycles. The fourth-order valence-corrected chi connectivity index (χ4v) is 2.39. The predicted octanol–water partition coefficient (Wildman–Crippen LogP) is 0.383. The maximum absolute atomic E-state index is 11.6. The molecule has 2 rings (SSSR count). The number of nitrogens with one attached hydrogen (secondary N) is 2. The molecule has 0 radical (unpaired) electrons. The first-order chi connectivity index (χ1) is 7.86. The molecule has 2 N–H and O–H groups in total. The van der Waals surface area contributed by atoms with Gasteiger partial charge in [0.25, 0.3) is 5.91 Å². The molecule has 1 aliphatic rings. The molecular formula is C11H17N3OS. The Morgan fingerprint density at radius 2 is 2.31 bits per heavy atom. The van der Waals surface area contributed by atoms with Gasteiger partial charge in [-0.05, 0) is 11.4 Å².